The van der Waals surface area contributed by atoms with Crippen LogP contribution in [0.1, 0.15) is 45.4 Å². The number of halogens is 3. The third-order valence-electron chi connectivity index (χ3n) is 4.71. The number of nitrogens with zero attached hydrogens (tertiary/aromatic N) is 2. The number of ether oxygens (including phenoxy) is 1. The van der Waals surface area contributed by atoms with Gasteiger partial charge in [-0.15, -0.1) is 0 Å². The zero-order valence-corrected chi connectivity index (χ0v) is 13.9. The van der Waals surface area contributed by atoms with E-state index in [1.165, 1.54) is 32.1 Å². The molecule has 1 aliphatic carbocycles. The first-order chi connectivity index (χ1) is 10.9. The number of alkyl halides is 3. The van der Waals surface area contributed by atoms with Crippen LogP contribution in [0, 0.1) is 5.41 Å². The summed E-state index contributed by atoms with van der Waals surface area (Å²) in [5.74, 6) is 0.895. The molecule has 1 N–H and O–H groups in total. The molecule has 134 valence electrons. The van der Waals surface area contributed by atoms with Gasteiger partial charge in [0, 0.05) is 32.8 Å². The number of rotatable bonds is 6. The van der Waals surface area contributed by atoms with Crippen molar-refractivity contribution in [1.82, 2.24) is 10.2 Å². The van der Waals surface area contributed by atoms with Crippen LogP contribution in [0.25, 0.3) is 0 Å². The fourth-order valence-electron chi connectivity index (χ4n) is 3.61. The third-order valence-corrected chi connectivity index (χ3v) is 4.71. The van der Waals surface area contributed by atoms with Crippen molar-refractivity contribution in [3.8, 4) is 0 Å². The average Bonchev–Trinajstić information content (AvgIpc) is 3.11. The lowest BCUT2D eigenvalue weighted by atomic mass is 9.86. The maximum absolute atomic E-state index is 12.0. The number of nitrogens with one attached hydrogen (secondary N) is 1. The predicted octanol–water partition coefficient (Wildman–Crippen LogP) is 3.19. The van der Waals surface area contributed by atoms with Gasteiger partial charge < -0.3 is 15.0 Å². The summed E-state index contributed by atoms with van der Waals surface area (Å²) in [6.07, 6.45) is 2.78. The lowest BCUT2D eigenvalue weighted by Gasteiger charge is -2.26. The Kier molecular flexibility index (Phi) is 6.56. The number of aliphatic imine (C=N–C) groups is 1. The van der Waals surface area contributed by atoms with E-state index in [2.05, 4.69) is 19.9 Å². The van der Waals surface area contributed by atoms with Crippen molar-refractivity contribution >= 4 is 5.96 Å². The minimum absolute atomic E-state index is 0.0896. The summed E-state index contributed by atoms with van der Waals surface area (Å²) in [5, 5.41) is 3.30. The lowest BCUT2D eigenvalue weighted by Crippen LogP contribution is -2.41. The van der Waals surface area contributed by atoms with Crippen molar-refractivity contribution in [1.29, 1.82) is 0 Å². The van der Waals surface area contributed by atoms with Gasteiger partial charge in [-0.2, -0.15) is 13.2 Å². The molecule has 0 amide bonds. The van der Waals surface area contributed by atoms with Crippen LogP contribution in [-0.4, -0.2) is 56.4 Å². The Hall–Kier alpha value is -0.980. The third kappa shape index (κ3) is 5.86. The van der Waals surface area contributed by atoms with Crippen LogP contribution in [0.3, 0.4) is 0 Å². The van der Waals surface area contributed by atoms with Gasteiger partial charge in [-0.25, -0.2) is 0 Å². The predicted molar refractivity (Wildman–Crippen MR) is 84.6 cm³/mol. The van der Waals surface area contributed by atoms with E-state index in [1.807, 2.05) is 6.92 Å². The molecule has 0 unspecified atom stereocenters. The van der Waals surface area contributed by atoms with Crippen LogP contribution in [-0.2, 0) is 4.74 Å². The van der Waals surface area contributed by atoms with Crippen LogP contribution in [0.5, 0.6) is 0 Å². The first-order valence-corrected chi connectivity index (χ1v) is 8.62. The fraction of sp³-hybridized carbons (Fsp3) is 0.938. The Morgan fingerprint density at radius 3 is 2.65 bits per heavy atom. The number of hydrogen-bond acceptors (Lipinski definition) is 2. The Balaban J connectivity index is 1.74. The van der Waals surface area contributed by atoms with Crippen molar-refractivity contribution in [3.05, 3.63) is 0 Å². The van der Waals surface area contributed by atoms with E-state index < -0.39 is 12.8 Å². The molecule has 2 rings (SSSR count). The number of hydrogen-bond donors (Lipinski definition) is 1. The van der Waals surface area contributed by atoms with Gasteiger partial charge in [-0.05, 0) is 38.0 Å². The monoisotopic (exact) mass is 335 g/mol. The van der Waals surface area contributed by atoms with Crippen molar-refractivity contribution in [2.24, 2.45) is 10.4 Å². The summed E-state index contributed by atoms with van der Waals surface area (Å²) in [6, 6.07) is 0. The Bertz CT molecular complexity index is 393. The molecule has 7 heteroatoms. The van der Waals surface area contributed by atoms with Crippen LogP contribution in [0.4, 0.5) is 13.2 Å². The Labute approximate surface area is 136 Å². The molecule has 1 heterocycles. The second kappa shape index (κ2) is 8.22. The highest BCUT2D eigenvalue weighted by Gasteiger charge is 2.41. The summed E-state index contributed by atoms with van der Waals surface area (Å²) in [6.45, 7) is 4.32. The zero-order chi connectivity index (χ0) is 16.8. The maximum Gasteiger partial charge on any atom is 0.411 e. The van der Waals surface area contributed by atoms with Crippen LogP contribution < -0.4 is 5.32 Å². The summed E-state index contributed by atoms with van der Waals surface area (Å²) in [5.41, 5.74) is 0.478. The largest absolute Gasteiger partial charge is 0.411 e. The van der Waals surface area contributed by atoms with E-state index in [-0.39, 0.29) is 6.61 Å². The Morgan fingerprint density at radius 2 is 2.00 bits per heavy atom. The van der Waals surface area contributed by atoms with Gasteiger partial charge >= 0.3 is 6.18 Å². The Morgan fingerprint density at radius 1 is 1.26 bits per heavy atom. The molecular weight excluding hydrogens is 307 g/mol. The minimum Gasteiger partial charge on any atom is -0.372 e. The molecule has 0 radical (unpaired) electrons. The van der Waals surface area contributed by atoms with E-state index in [0.29, 0.717) is 18.4 Å². The molecule has 1 saturated carbocycles. The normalized spacial score (nSPS) is 21.4. The lowest BCUT2D eigenvalue weighted by molar-refractivity contribution is -0.173. The van der Waals surface area contributed by atoms with Crippen molar-refractivity contribution < 1.29 is 17.9 Å². The molecule has 0 aromatic carbocycles. The van der Waals surface area contributed by atoms with Crippen molar-refractivity contribution in [3.63, 3.8) is 0 Å². The molecule has 1 saturated heterocycles. The van der Waals surface area contributed by atoms with E-state index in [0.717, 1.165) is 25.6 Å². The van der Waals surface area contributed by atoms with Crippen LogP contribution in [0.15, 0.2) is 4.99 Å². The maximum atomic E-state index is 12.0. The van der Waals surface area contributed by atoms with Gasteiger partial charge in [0.15, 0.2) is 5.96 Å². The van der Waals surface area contributed by atoms with E-state index in [4.69, 9.17) is 0 Å². The first-order valence-electron chi connectivity index (χ1n) is 8.62. The van der Waals surface area contributed by atoms with E-state index in [1.54, 1.807) is 0 Å². The summed E-state index contributed by atoms with van der Waals surface area (Å²) in [4.78, 5) is 6.87. The smallest absolute Gasteiger partial charge is 0.372 e. The molecule has 1 aliphatic heterocycles. The highest BCUT2D eigenvalue weighted by molar-refractivity contribution is 5.80. The summed E-state index contributed by atoms with van der Waals surface area (Å²) >= 11 is 0. The highest BCUT2D eigenvalue weighted by atomic mass is 19.4. The van der Waals surface area contributed by atoms with Gasteiger partial charge in [0.2, 0.25) is 0 Å². The second-order valence-corrected chi connectivity index (χ2v) is 6.64. The van der Waals surface area contributed by atoms with E-state index in [9.17, 15) is 13.2 Å². The molecule has 0 aromatic rings. The number of likely N-dealkylation sites (tertiary alicyclic amines) is 1. The SMILES string of the molecule is CCNC(=NCCCOCC(F)(F)F)N1CCC2(CCCC2)C1. The van der Waals surface area contributed by atoms with Crippen molar-refractivity contribution in [2.75, 3.05) is 39.4 Å². The molecule has 23 heavy (non-hydrogen) atoms. The van der Waals surface area contributed by atoms with Gasteiger partial charge in [-0.1, -0.05) is 12.8 Å². The summed E-state index contributed by atoms with van der Waals surface area (Å²) < 4.78 is 40.5. The van der Waals surface area contributed by atoms with Gasteiger partial charge in [0.1, 0.15) is 6.61 Å². The number of guanidine groups is 1. The molecule has 2 aliphatic rings. The molecule has 0 bridgehead atoms. The molecular formula is C16H28F3N3O. The topological polar surface area (TPSA) is 36.9 Å². The van der Waals surface area contributed by atoms with Crippen LogP contribution >= 0.6 is 0 Å². The van der Waals surface area contributed by atoms with Crippen molar-refractivity contribution in [2.45, 2.75) is 51.6 Å². The van der Waals surface area contributed by atoms with Crippen LogP contribution in [0.2, 0.25) is 0 Å². The van der Waals surface area contributed by atoms with E-state index >= 15 is 0 Å². The summed E-state index contributed by atoms with van der Waals surface area (Å²) in [7, 11) is 0. The standard InChI is InChI=1S/C16H28F3N3O/c1-2-20-14(21-9-5-11-23-13-16(17,18)19)22-10-8-15(12-22)6-3-4-7-15/h2-13H2,1H3,(H,20,21). The minimum atomic E-state index is -4.25. The quantitative estimate of drug-likeness (QED) is 0.460. The highest BCUT2D eigenvalue weighted by Crippen LogP contribution is 2.45. The molecule has 0 atom stereocenters. The van der Waals surface area contributed by atoms with Gasteiger partial charge in [0.05, 0.1) is 0 Å². The molecule has 0 aromatic heterocycles. The zero-order valence-electron chi connectivity index (χ0n) is 13.9. The average molecular weight is 335 g/mol. The molecule has 2 fully saturated rings. The van der Waals surface area contributed by atoms with Gasteiger partial charge in [0.25, 0.3) is 0 Å². The fourth-order valence-corrected chi connectivity index (χ4v) is 3.61. The van der Waals surface area contributed by atoms with Gasteiger partial charge in [-0.3, -0.25) is 4.99 Å². The first kappa shape index (κ1) is 18.4. The second-order valence-electron chi connectivity index (χ2n) is 6.64. The molecule has 4 nitrogen and oxygen atoms in total. The molecule has 1 spiro atoms.